The molecular weight excluding hydrogens is 334 g/mol. The summed E-state index contributed by atoms with van der Waals surface area (Å²) in [6.07, 6.45) is 2.64. The van der Waals surface area contributed by atoms with Gasteiger partial charge in [-0.15, -0.1) is 0 Å². The van der Waals surface area contributed by atoms with Crippen LogP contribution in [0.4, 0.5) is 5.69 Å². The normalized spacial score (nSPS) is 11.0. The molecule has 130 valence electrons. The van der Waals surface area contributed by atoms with Crippen molar-refractivity contribution in [2.75, 3.05) is 25.0 Å². The van der Waals surface area contributed by atoms with Crippen LogP contribution in [0.1, 0.15) is 13.8 Å². The molecule has 2 rings (SSSR count). The summed E-state index contributed by atoms with van der Waals surface area (Å²) >= 11 is 0. The van der Waals surface area contributed by atoms with Crippen molar-refractivity contribution in [2.45, 2.75) is 18.7 Å². The number of ether oxygens (including phenoxy) is 3. The van der Waals surface area contributed by atoms with Gasteiger partial charge in [0, 0.05) is 6.07 Å². The van der Waals surface area contributed by atoms with E-state index in [1.807, 2.05) is 6.92 Å². The molecule has 1 aromatic carbocycles. The smallest absolute Gasteiger partial charge is 0.316 e. The highest BCUT2D eigenvalue weighted by atomic mass is 32.2. The standard InChI is InChI=1S/C15H19N3O5S/c1-4-22-12-6-7-14(13(8-12)23-5-2)24(19,20)18-11-9-16-15(21-3)17-10-11/h6-10,18H,4-5H2,1-3H3. The SMILES string of the molecule is CCOc1ccc(S(=O)(=O)Nc2cnc(OC)nc2)c(OCC)c1. The van der Waals surface area contributed by atoms with E-state index >= 15 is 0 Å². The Morgan fingerprint density at radius 2 is 1.75 bits per heavy atom. The Bertz CT molecular complexity index is 778. The van der Waals surface area contributed by atoms with Gasteiger partial charge in [-0.3, -0.25) is 4.72 Å². The van der Waals surface area contributed by atoms with Crippen molar-refractivity contribution in [1.29, 1.82) is 0 Å². The van der Waals surface area contributed by atoms with Crippen LogP contribution in [0.25, 0.3) is 0 Å². The quantitative estimate of drug-likeness (QED) is 0.775. The van der Waals surface area contributed by atoms with Gasteiger partial charge in [-0.1, -0.05) is 0 Å². The number of rotatable bonds is 8. The van der Waals surface area contributed by atoms with Crippen molar-refractivity contribution in [3.63, 3.8) is 0 Å². The second kappa shape index (κ2) is 7.82. The molecule has 0 fully saturated rings. The predicted octanol–water partition coefficient (Wildman–Crippen LogP) is 2.08. The van der Waals surface area contributed by atoms with Crippen LogP contribution >= 0.6 is 0 Å². The number of hydrogen-bond donors (Lipinski definition) is 1. The third-order valence-electron chi connectivity index (χ3n) is 2.88. The molecule has 0 unspecified atom stereocenters. The van der Waals surface area contributed by atoms with Crippen molar-refractivity contribution in [3.8, 4) is 17.5 Å². The number of sulfonamides is 1. The van der Waals surface area contributed by atoms with Gasteiger partial charge in [-0.05, 0) is 26.0 Å². The van der Waals surface area contributed by atoms with Gasteiger partial charge in [0.25, 0.3) is 10.0 Å². The zero-order valence-electron chi connectivity index (χ0n) is 13.6. The summed E-state index contributed by atoms with van der Waals surface area (Å²) in [4.78, 5) is 7.72. The van der Waals surface area contributed by atoms with Crippen molar-refractivity contribution >= 4 is 15.7 Å². The third kappa shape index (κ3) is 4.25. The Hall–Kier alpha value is -2.55. The lowest BCUT2D eigenvalue weighted by atomic mass is 10.3. The van der Waals surface area contributed by atoms with Gasteiger partial charge in [0.15, 0.2) is 0 Å². The molecule has 0 spiro atoms. The molecule has 0 saturated carbocycles. The molecule has 0 aliphatic carbocycles. The minimum atomic E-state index is -3.87. The molecule has 0 aliphatic heterocycles. The van der Waals surface area contributed by atoms with E-state index in [0.717, 1.165) is 0 Å². The fraction of sp³-hybridized carbons (Fsp3) is 0.333. The molecule has 0 bridgehead atoms. The lowest BCUT2D eigenvalue weighted by molar-refractivity contribution is 0.317. The summed E-state index contributed by atoms with van der Waals surface area (Å²) in [5.41, 5.74) is 0.215. The Balaban J connectivity index is 2.32. The number of nitrogens with one attached hydrogen (secondary N) is 1. The Morgan fingerprint density at radius 1 is 1.08 bits per heavy atom. The number of nitrogens with zero attached hydrogens (tertiary/aromatic N) is 2. The second-order valence-electron chi connectivity index (χ2n) is 4.54. The van der Waals surface area contributed by atoms with Gasteiger partial charge in [-0.25, -0.2) is 18.4 Å². The lowest BCUT2D eigenvalue weighted by Gasteiger charge is -2.14. The fourth-order valence-corrected chi connectivity index (χ4v) is 3.08. The highest BCUT2D eigenvalue weighted by Crippen LogP contribution is 2.30. The number of aromatic nitrogens is 2. The van der Waals surface area contributed by atoms with Gasteiger partial charge in [0.05, 0.1) is 38.4 Å². The van der Waals surface area contributed by atoms with E-state index in [9.17, 15) is 8.42 Å². The molecule has 9 heteroatoms. The van der Waals surface area contributed by atoms with E-state index in [1.165, 1.54) is 25.6 Å². The highest BCUT2D eigenvalue weighted by molar-refractivity contribution is 7.92. The lowest BCUT2D eigenvalue weighted by Crippen LogP contribution is -2.15. The second-order valence-corrected chi connectivity index (χ2v) is 6.19. The molecular formula is C15H19N3O5S. The number of benzene rings is 1. The zero-order valence-corrected chi connectivity index (χ0v) is 14.5. The van der Waals surface area contributed by atoms with Crippen LogP contribution in [-0.2, 0) is 10.0 Å². The Morgan fingerprint density at radius 3 is 2.33 bits per heavy atom. The molecule has 1 aromatic heterocycles. The van der Waals surface area contributed by atoms with Crippen LogP contribution in [0.2, 0.25) is 0 Å². The molecule has 0 atom stereocenters. The first-order chi connectivity index (χ1) is 11.5. The van der Waals surface area contributed by atoms with Crippen LogP contribution < -0.4 is 18.9 Å². The molecule has 1 N–H and O–H groups in total. The Labute approximate surface area is 140 Å². The number of hydrogen-bond acceptors (Lipinski definition) is 7. The van der Waals surface area contributed by atoms with E-state index in [2.05, 4.69) is 14.7 Å². The summed E-state index contributed by atoms with van der Waals surface area (Å²) in [6.45, 7) is 4.41. The molecule has 0 aliphatic rings. The average Bonchev–Trinajstić information content (AvgIpc) is 2.56. The highest BCUT2D eigenvalue weighted by Gasteiger charge is 2.21. The zero-order chi connectivity index (χ0) is 17.6. The van der Waals surface area contributed by atoms with E-state index in [-0.39, 0.29) is 22.3 Å². The first-order valence-corrected chi connectivity index (χ1v) is 8.77. The maximum Gasteiger partial charge on any atom is 0.316 e. The molecule has 8 nitrogen and oxygen atoms in total. The monoisotopic (exact) mass is 353 g/mol. The Kier molecular flexibility index (Phi) is 5.80. The average molecular weight is 353 g/mol. The summed E-state index contributed by atoms with van der Waals surface area (Å²) in [5, 5.41) is 0. The molecule has 0 radical (unpaired) electrons. The summed E-state index contributed by atoms with van der Waals surface area (Å²) in [7, 11) is -2.44. The number of methoxy groups -OCH3 is 1. The first-order valence-electron chi connectivity index (χ1n) is 7.28. The fourth-order valence-electron chi connectivity index (χ4n) is 1.92. The van der Waals surface area contributed by atoms with Crippen LogP contribution in [0.5, 0.6) is 17.5 Å². The molecule has 1 heterocycles. The maximum atomic E-state index is 12.6. The van der Waals surface area contributed by atoms with Crippen LogP contribution in [-0.4, -0.2) is 38.7 Å². The summed E-state index contributed by atoms with van der Waals surface area (Å²) < 4.78 is 43.3. The van der Waals surface area contributed by atoms with Gasteiger partial charge in [-0.2, -0.15) is 0 Å². The van der Waals surface area contributed by atoms with Crippen molar-refractivity contribution in [3.05, 3.63) is 30.6 Å². The topological polar surface area (TPSA) is 99.6 Å². The van der Waals surface area contributed by atoms with Crippen LogP contribution in [0.3, 0.4) is 0 Å². The van der Waals surface area contributed by atoms with E-state index in [1.54, 1.807) is 19.1 Å². The molecule has 0 saturated heterocycles. The van der Waals surface area contributed by atoms with Crippen LogP contribution in [0, 0.1) is 0 Å². The predicted molar refractivity (Wildman–Crippen MR) is 88.2 cm³/mol. The van der Waals surface area contributed by atoms with Crippen molar-refractivity contribution in [2.24, 2.45) is 0 Å². The molecule has 0 amide bonds. The van der Waals surface area contributed by atoms with E-state index in [0.29, 0.717) is 19.0 Å². The van der Waals surface area contributed by atoms with Crippen molar-refractivity contribution < 1.29 is 22.6 Å². The largest absolute Gasteiger partial charge is 0.494 e. The van der Waals surface area contributed by atoms with Crippen molar-refractivity contribution in [1.82, 2.24) is 9.97 Å². The molecule has 2 aromatic rings. The summed E-state index contributed by atoms with van der Waals surface area (Å²) in [5.74, 6) is 0.748. The third-order valence-corrected chi connectivity index (χ3v) is 4.30. The van der Waals surface area contributed by atoms with Crippen LogP contribution in [0.15, 0.2) is 35.5 Å². The van der Waals surface area contributed by atoms with Gasteiger partial charge in [0.1, 0.15) is 16.4 Å². The van der Waals surface area contributed by atoms with Gasteiger partial charge >= 0.3 is 6.01 Å². The maximum absolute atomic E-state index is 12.6. The first kappa shape index (κ1) is 17.8. The minimum Gasteiger partial charge on any atom is -0.494 e. The van der Waals surface area contributed by atoms with Gasteiger partial charge < -0.3 is 14.2 Å². The van der Waals surface area contributed by atoms with Gasteiger partial charge in [0.2, 0.25) is 0 Å². The van der Waals surface area contributed by atoms with E-state index < -0.39 is 10.0 Å². The minimum absolute atomic E-state index is 0.00335. The number of anilines is 1. The molecule has 24 heavy (non-hydrogen) atoms. The summed E-state index contributed by atoms with van der Waals surface area (Å²) in [6, 6.07) is 4.70. The van der Waals surface area contributed by atoms with E-state index in [4.69, 9.17) is 14.2 Å².